The molecule has 11 heteroatoms. The molecule has 1 heterocycles. The van der Waals surface area contributed by atoms with Crippen LogP contribution in [0.2, 0.25) is 0 Å². The van der Waals surface area contributed by atoms with E-state index in [9.17, 15) is 27.9 Å². The Hall–Kier alpha value is -3.99. The van der Waals surface area contributed by atoms with E-state index in [-0.39, 0.29) is 5.69 Å². The minimum absolute atomic E-state index is 0.206. The summed E-state index contributed by atoms with van der Waals surface area (Å²) < 4.78 is 48.6. The topological polar surface area (TPSA) is 86.3 Å². The summed E-state index contributed by atoms with van der Waals surface area (Å²) in [6, 6.07) is 19.0. The molecule has 0 bridgehead atoms. The van der Waals surface area contributed by atoms with Crippen LogP contribution in [0.3, 0.4) is 0 Å². The summed E-state index contributed by atoms with van der Waals surface area (Å²) in [6.45, 7) is 6.02. The first kappa shape index (κ1) is 31.0. The number of carboxylic acid groups (broad SMARTS) is 1. The van der Waals surface area contributed by atoms with Crippen LogP contribution in [0.4, 0.5) is 13.2 Å². The Morgan fingerprint density at radius 2 is 1.74 bits per heavy atom. The van der Waals surface area contributed by atoms with Crippen LogP contribution in [-0.4, -0.2) is 30.7 Å². The lowest BCUT2D eigenvalue weighted by atomic mass is 10.1. The molecule has 42 heavy (non-hydrogen) atoms. The summed E-state index contributed by atoms with van der Waals surface area (Å²) in [4.78, 5) is 25.9. The number of carboxylic acids is 1. The highest BCUT2D eigenvalue weighted by atomic mass is 32.2. The van der Waals surface area contributed by atoms with Crippen LogP contribution in [0.1, 0.15) is 61.7 Å². The van der Waals surface area contributed by atoms with Crippen molar-refractivity contribution >= 4 is 17.7 Å². The van der Waals surface area contributed by atoms with Gasteiger partial charge in [-0.15, -0.1) is 16.9 Å². The summed E-state index contributed by atoms with van der Waals surface area (Å²) in [5.74, 6) is -0.0391. The second-order valence-electron chi connectivity index (χ2n) is 9.79. The normalized spacial score (nSPS) is 13.1. The maximum Gasteiger partial charge on any atom is 0.416 e. The van der Waals surface area contributed by atoms with Crippen molar-refractivity contribution in [2.45, 2.75) is 69.0 Å². The third-order valence-electron chi connectivity index (χ3n) is 6.72. The van der Waals surface area contributed by atoms with Gasteiger partial charge in [0.2, 0.25) is 0 Å². The minimum Gasteiger partial charge on any atom is -0.480 e. The number of aliphatic carboxylic acids is 1. The first-order valence-corrected chi connectivity index (χ1v) is 14.5. The van der Waals surface area contributed by atoms with E-state index in [2.05, 4.69) is 5.10 Å². The Balaban J connectivity index is 1.77. The standard InChI is InChI=1S/C31H32F3N3O4S/c1-4-6-18-36-28(35-37(30(36)40)23-14-12-22(13-15-23)31(32,33)34)27(21-10-8-7-9-11-21)41-25-17-16-24(19-20(25)3)42-26(5-2)29(38)39/h7-17,19,26-27H,4-6,18H2,1-3H3,(H,38,39). The molecule has 0 radical (unpaired) electrons. The minimum atomic E-state index is -4.50. The fourth-order valence-corrected chi connectivity index (χ4v) is 5.40. The molecule has 0 amide bonds. The molecule has 4 aromatic rings. The molecular formula is C31H32F3N3O4S. The van der Waals surface area contributed by atoms with Gasteiger partial charge in [0, 0.05) is 17.0 Å². The van der Waals surface area contributed by atoms with E-state index in [1.165, 1.54) is 28.5 Å². The summed E-state index contributed by atoms with van der Waals surface area (Å²) in [7, 11) is 0. The zero-order valence-electron chi connectivity index (χ0n) is 23.5. The highest BCUT2D eigenvalue weighted by molar-refractivity contribution is 8.00. The number of hydrogen-bond donors (Lipinski definition) is 1. The molecule has 0 spiro atoms. The SMILES string of the molecule is CCCCn1c(C(Oc2ccc(SC(CC)C(=O)O)cc2C)c2ccccc2)nn(-c2ccc(C(F)(F)F)cc2)c1=O. The van der Waals surface area contributed by atoms with E-state index in [4.69, 9.17) is 4.74 Å². The van der Waals surface area contributed by atoms with E-state index in [0.717, 1.165) is 39.3 Å². The van der Waals surface area contributed by atoms with Crippen molar-refractivity contribution in [2.24, 2.45) is 0 Å². The first-order chi connectivity index (χ1) is 20.0. The molecule has 0 saturated heterocycles. The molecule has 3 aromatic carbocycles. The van der Waals surface area contributed by atoms with Gasteiger partial charge in [-0.25, -0.2) is 4.79 Å². The number of hydrogen-bond acceptors (Lipinski definition) is 5. The summed E-state index contributed by atoms with van der Waals surface area (Å²) in [5.41, 5.74) is 0.407. The maximum atomic E-state index is 13.6. The van der Waals surface area contributed by atoms with Crippen LogP contribution < -0.4 is 10.4 Å². The monoisotopic (exact) mass is 599 g/mol. The Kier molecular flexibility index (Phi) is 9.82. The van der Waals surface area contributed by atoms with E-state index in [1.807, 2.05) is 57.2 Å². The number of nitrogens with zero attached hydrogens (tertiary/aromatic N) is 3. The van der Waals surface area contributed by atoms with Crippen molar-refractivity contribution in [3.8, 4) is 11.4 Å². The molecule has 0 saturated carbocycles. The van der Waals surface area contributed by atoms with Gasteiger partial charge in [0.05, 0.1) is 11.3 Å². The zero-order valence-corrected chi connectivity index (χ0v) is 24.3. The molecule has 222 valence electrons. The predicted molar refractivity (Wildman–Crippen MR) is 155 cm³/mol. The highest BCUT2D eigenvalue weighted by Gasteiger charge is 2.31. The Morgan fingerprint density at radius 1 is 1.05 bits per heavy atom. The average molecular weight is 600 g/mol. The van der Waals surface area contributed by atoms with Gasteiger partial charge in [-0.05, 0) is 67.8 Å². The van der Waals surface area contributed by atoms with Crippen LogP contribution in [0.5, 0.6) is 5.75 Å². The number of halogens is 3. The molecule has 7 nitrogen and oxygen atoms in total. The zero-order chi connectivity index (χ0) is 30.4. The lowest BCUT2D eigenvalue weighted by Crippen LogP contribution is -2.26. The molecular weight excluding hydrogens is 567 g/mol. The second kappa shape index (κ2) is 13.3. The van der Waals surface area contributed by atoms with Gasteiger partial charge in [0.25, 0.3) is 0 Å². The molecule has 0 aliphatic heterocycles. The van der Waals surface area contributed by atoms with Crippen molar-refractivity contribution in [1.82, 2.24) is 14.3 Å². The summed E-state index contributed by atoms with van der Waals surface area (Å²) >= 11 is 1.26. The number of aryl methyl sites for hydroxylation is 1. The maximum absolute atomic E-state index is 13.6. The van der Waals surface area contributed by atoms with E-state index in [0.29, 0.717) is 31.0 Å². The van der Waals surface area contributed by atoms with Gasteiger partial charge < -0.3 is 9.84 Å². The number of carbonyl (C=O) groups is 1. The number of ether oxygens (including phenoxy) is 1. The molecule has 2 atom stereocenters. The fourth-order valence-electron chi connectivity index (χ4n) is 4.42. The number of rotatable bonds is 12. The Morgan fingerprint density at radius 3 is 2.31 bits per heavy atom. The highest BCUT2D eigenvalue weighted by Crippen LogP contribution is 2.34. The van der Waals surface area contributed by atoms with Crippen LogP contribution in [0.25, 0.3) is 5.69 Å². The molecule has 0 aliphatic rings. The summed E-state index contributed by atoms with van der Waals surface area (Å²) in [6.07, 6.45) is -3.35. The van der Waals surface area contributed by atoms with Gasteiger partial charge >= 0.3 is 17.8 Å². The van der Waals surface area contributed by atoms with E-state index >= 15 is 0 Å². The molecule has 2 unspecified atom stereocenters. The lowest BCUT2D eigenvalue weighted by Gasteiger charge is -2.21. The van der Waals surface area contributed by atoms with Crippen molar-refractivity contribution in [3.05, 3.63) is 106 Å². The third kappa shape index (κ3) is 7.07. The number of aromatic nitrogens is 3. The Bertz CT molecular complexity index is 1570. The van der Waals surface area contributed by atoms with Gasteiger partial charge in [-0.1, -0.05) is 50.6 Å². The Labute approximate surface area is 246 Å². The summed E-state index contributed by atoms with van der Waals surface area (Å²) in [5, 5.41) is 13.5. The molecule has 1 N–H and O–H groups in total. The molecule has 1 aromatic heterocycles. The predicted octanol–water partition coefficient (Wildman–Crippen LogP) is 7.29. The number of thioether (sulfide) groups is 1. The van der Waals surface area contributed by atoms with Crippen molar-refractivity contribution in [2.75, 3.05) is 0 Å². The van der Waals surface area contributed by atoms with Crippen LogP contribution >= 0.6 is 11.8 Å². The van der Waals surface area contributed by atoms with Crippen molar-refractivity contribution in [3.63, 3.8) is 0 Å². The van der Waals surface area contributed by atoms with Crippen molar-refractivity contribution < 1.29 is 27.8 Å². The number of benzene rings is 3. The molecule has 0 aliphatic carbocycles. The first-order valence-electron chi connectivity index (χ1n) is 13.6. The molecule has 0 fully saturated rings. The van der Waals surface area contributed by atoms with E-state index < -0.39 is 34.8 Å². The smallest absolute Gasteiger partial charge is 0.416 e. The molecule has 4 rings (SSSR count). The number of alkyl halides is 3. The van der Waals surface area contributed by atoms with Crippen LogP contribution in [0, 0.1) is 6.92 Å². The van der Waals surface area contributed by atoms with Crippen LogP contribution in [-0.2, 0) is 17.5 Å². The van der Waals surface area contributed by atoms with Crippen LogP contribution in [0.15, 0.2) is 82.5 Å². The quantitative estimate of drug-likeness (QED) is 0.172. The van der Waals surface area contributed by atoms with E-state index in [1.54, 1.807) is 12.1 Å². The fraction of sp³-hybridized carbons (Fsp3) is 0.323. The number of unbranched alkanes of at least 4 members (excludes halogenated alkanes) is 1. The van der Waals surface area contributed by atoms with Gasteiger partial charge in [0.15, 0.2) is 11.9 Å². The lowest BCUT2D eigenvalue weighted by molar-refractivity contribution is -0.138. The van der Waals surface area contributed by atoms with Gasteiger partial charge in [0.1, 0.15) is 11.0 Å². The largest absolute Gasteiger partial charge is 0.480 e. The van der Waals surface area contributed by atoms with Gasteiger partial charge in [-0.3, -0.25) is 9.36 Å². The van der Waals surface area contributed by atoms with Gasteiger partial charge in [-0.2, -0.15) is 17.9 Å². The third-order valence-corrected chi connectivity index (χ3v) is 8.06. The second-order valence-corrected chi connectivity index (χ2v) is 11.1. The average Bonchev–Trinajstić information content (AvgIpc) is 3.29. The van der Waals surface area contributed by atoms with Crippen molar-refractivity contribution in [1.29, 1.82) is 0 Å².